The van der Waals surface area contributed by atoms with Gasteiger partial charge in [0.25, 0.3) is 11.5 Å². The molecule has 23 heavy (non-hydrogen) atoms. The van der Waals surface area contributed by atoms with Gasteiger partial charge in [-0.2, -0.15) is 0 Å². The Hall–Kier alpha value is -3.28. The lowest BCUT2D eigenvalue weighted by Gasteiger charge is -2.08. The number of anilines is 1. The molecular formula is C17H14N2O4. The maximum atomic E-state index is 12.4. The fourth-order valence-corrected chi connectivity index (χ4v) is 2.24. The van der Waals surface area contributed by atoms with Crippen LogP contribution in [0.2, 0.25) is 0 Å². The van der Waals surface area contributed by atoms with Crippen LogP contribution in [0.5, 0.6) is 5.75 Å². The van der Waals surface area contributed by atoms with Gasteiger partial charge in [-0.1, -0.05) is 30.3 Å². The van der Waals surface area contributed by atoms with Crippen LogP contribution in [0.25, 0.3) is 11.0 Å². The molecule has 116 valence electrons. The summed E-state index contributed by atoms with van der Waals surface area (Å²) in [6.45, 7) is 0. The monoisotopic (exact) mass is 310 g/mol. The average molecular weight is 310 g/mol. The first kappa shape index (κ1) is 14.6. The summed E-state index contributed by atoms with van der Waals surface area (Å²) in [5.74, 6) is 0.0555. The largest absolute Gasteiger partial charge is 0.493 e. The average Bonchev–Trinajstić information content (AvgIpc) is 2.60. The van der Waals surface area contributed by atoms with Crippen molar-refractivity contribution in [2.75, 3.05) is 12.4 Å². The predicted molar refractivity (Wildman–Crippen MR) is 84.5 cm³/mol. The maximum Gasteiger partial charge on any atom is 0.268 e. The zero-order valence-electron chi connectivity index (χ0n) is 12.3. The summed E-state index contributed by atoms with van der Waals surface area (Å²) in [5.41, 5.74) is 0.971. The van der Waals surface area contributed by atoms with E-state index >= 15 is 0 Å². The quantitative estimate of drug-likeness (QED) is 0.575. The van der Waals surface area contributed by atoms with E-state index in [1.54, 1.807) is 36.4 Å². The number of hydrogen-bond donors (Lipinski definition) is 2. The van der Waals surface area contributed by atoms with Crippen molar-refractivity contribution in [3.8, 4) is 5.75 Å². The molecular weight excluding hydrogens is 296 g/mol. The molecule has 1 amide bonds. The molecule has 0 atom stereocenters. The molecule has 0 saturated carbocycles. The number of benzene rings is 2. The molecule has 0 radical (unpaired) electrons. The van der Waals surface area contributed by atoms with Gasteiger partial charge in [-0.3, -0.25) is 4.79 Å². The summed E-state index contributed by atoms with van der Waals surface area (Å²) in [6, 6.07) is 15.9. The Bertz CT molecular complexity index is 917. The molecule has 0 aliphatic carbocycles. The summed E-state index contributed by atoms with van der Waals surface area (Å²) >= 11 is 0. The minimum Gasteiger partial charge on any atom is -0.493 e. The van der Waals surface area contributed by atoms with Crippen molar-refractivity contribution in [2.45, 2.75) is 0 Å². The van der Waals surface area contributed by atoms with Gasteiger partial charge in [-0.05, 0) is 29.4 Å². The SMILES string of the molecule is COc1cccc2cc(C(=O)Nc3ccccc3)/c(=N/O)oc12. The van der Waals surface area contributed by atoms with Crippen molar-refractivity contribution in [2.24, 2.45) is 5.16 Å². The van der Waals surface area contributed by atoms with Gasteiger partial charge in [0.15, 0.2) is 11.3 Å². The maximum absolute atomic E-state index is 12.4. The fourth-order valence-electron chi connectivity index (χ4n) is 2.24. The van der Waals surface area contributed by atoms with Gasteiger partial charge in [-0.25, -0.2) is 0 Å². The Morgan fingerprint density at radius 1 is 1.17 bits per heavy atom. The summed E-state index contributed by atoms with van der Waals surface area (Å²) < 4.78 is 10.7. The van der Waals surface area contributed by atoms with E-state index in [1.807, 2.05) is 18.2 Å². The van der Waals surface area contributed by atoms with E-state index in [0.29, 0.717) is 22.4 Å². The van der Waals surface area contributed by atoms with Crippen LogP contribution in [0.1, 0.15) is 10.4 Å². The molecule has 2 N–H and O–H groups in total. The number of hydrogen-bond acceptors (Lipinski definition) is 5. The molecule has 0 bridgehead atoms. The van der Waals surface area contributed by atoms with Gasteiger partial charge in [0, 0.05) is 11.1 Å². The van der Waals surface area contributed by atoms with Crippen molar-refractivity contribution in [1.82, 2.24) is 0 Å². The number of fused-ring (bicyclic) bond motifs is 1. The van der Waals surface area contributed by atoms with E-state index < -0.39 is 5.91 Å². The molecule has 3 aromatic rings. The van der Waals surface area contributed by atoms with Gasteiger partial charge in [0.2, 0.25) is 0 Å². The van der Waals surface area contributed by atoms with Crippen molar-refractivity contribution in [3.05, 3.63) is 65.7 Å². The highest BCUT2D eigenvalue weighted by Crippen LogP contribution is 2.24. The number of carbonyl (C=O) groups is 1. The molecule has 1 aromatic heterocycles. The summed E-state index contributed by atoms with van der Waals surface area (Å²) in [5, 5.41) is 15.6. The van der Waals surface area contributed by atoms with Crippen LogP contribution in [-0.2, 0) is 0 Å². The lowest BCUT2D eigenvalue weighted by molar-refractivity contribution is 0.102. The number of nitrogens with zero attached hydrogens (tertiary/aromatic N) is 1. The van der Waals surface area contributed by atoms with Gasteiger partial charge < -0.3 is 19.7 Å². The van der Waals surface area contributed by atoms with E-state index in [-0.39, 0.29) is 11.1 Å². The Labute approximate surface area is 131 Å². The second-order valence-electron chi connectivity index (χ2n) is 4.76. The first-order valence-electron chi connectivity index (χ1n) is 6.88. The second kappa shape index (κ2) is 6.23. The Morgan fingerprint density at radius 2 is 1.96 bits per heavy atom. The van der Waals surface area contributed by atoms with Crippen molar-refractivity contribution >= 4 is 22.6 Å². The number of rotatable bonds is 3. The number of ether oxygens (including phenoxy) is 1. The van der Waals surface area contributed by atoms with E-state index in [1.165, 1.54) is 7.11 Å². The number of methoxy groups -OCH3 is 1. The van der Waals surface area contributed by atoms with Crippen molar-refractivity contribution in [3.63, 3.8) is 0 Å². The van der Waals surface area contributed by atoms with Crippen LogP contribution in [0, 0.1) is 0 Å². The third kappa shape index (κ3) is 2.87. The first-order chi connectivity index (χ1) is 11.2. The Balaban J connectivity index is 2.08. The molecule has 6 heteroatoms. The van der Waals surface area contributed by atoms with E-state index in [0.717, 1.165) is 0 Å². The Kier molecular flexibility index (Phi) is 3.97. The molecule has 0 aliphatic heterocycles. The lowest BCUT2D eigenvalue weighted by Crippen LogP contribution is -2.21. The first-order valence-corrected chi connectivity index (χ1v) is 6.88. The lowest BCUT2D eigenvalue weighted by atomic mass is 10.1. The number of para-hydroxylation sites is 2. The number of amides is 1. The minimum absolute atomic E-state index is 0.122. The molecule has 0 unspecified atom stereocenters. The van der Waals surface area contributed by atoms with Crippen molar-refractivity contribution in [1.29, 1.82) is 0 Å². The van der Waals surface area contributed by atoms with E-state index in [2.05, 4.69) is 10.5 Å². The number of nitrogens with one attached hydrogen (secondary N) is 1. The highest BCUT2D eigenvalue weighted by molar-refractivity contribution is 6.05. The van der Waals surface area contributed by atoms with Crippen LogP contribution >= 0.6 is 0 Å². The van der Waals surface area contributed by atoms with E-state index in [4.69, 9.17) is 14.4 Å². The molecule has 1 heterocycles. The molecule has 2 aromatic carbocycles. The summed E-state index contributed by atoms with van der Waals surface area (Å²) in [4.78, 5) is 12.4. The molecule has 0 aliphatic rings. The molecule has 0 spiro atoms. The minimum atomic E-state index is -0.433. The fraction of sp³-hybridized carbons (Fsp3) is 0.0588. The third-order valence-corrected chi connectivity index (χ3v) is 3.33. The van der Waals surface area contributed by atoms with Gasteiger partial charge in [0.05, 0.1) is 7.11 Å². The molecule has 3 rings (SSSR count). The number of carbonyl (C=O) groups excluding carboxylic acids is 1. The van der Waals surface area contributed by atoms with Gasteiger partial charge >= 0.3 is 0 Å². The molecule has 0 fully saturated rings. The van der Waals surface area contributed by atoms with Crippen LogP contribution in [0.4, 0.5) is 5.69 Å². The van der Waals surface area contributed by atoms with Gasteiger partial charge in [0.1, 0.15) is 5.56 Å². The van der Waals surface area contributed by atoms with Crippen molar-refractivity contribution < 1.29 is 19.2 Å². The second-order valence-corrected chi connectivity index (χ2v) is 4.76. The Morgan fingerprint density at radius 3 is 2.65 bits per heavy atom. The highest BCUT2D eigenvalue weighted by Gasteiger charge is 2.15. The standard InChI is InChI=1S/C17H14N2O4/c1-22-14-9-5-6-11-10-13(17(19-21)23-15(11)14)16(20)18-12-7-3-2-4-8-12/h2-10,21H,1H3,(H,18,20)/b19-17-. The van der Waals surface area contributed by atoms with Crippen LogP contribution in [-0.4, -0.2) is 18.2 Å². The third-order valence-electron chi connectivity index (χ3n) is 3.33. The summed E-state index contributed by atoms with van der Waals surface area (Å²) in [7, 11) is 1.51. The highest BCUT2D eigenvalue weighted by atomic mass is 16.5. The van der Waals surface area contributed by atoms with Gasteiger partial charge in [-0.15, -0.1) is 0 Å². The predicted octanol–water partition coefficient (Wildman–Crippen LogP) is 2.98. The zero-order chi connectivity index (χ0) is 16.2. The zero-order valence-corrected chi connectivity index (χ0v) is 12.3. The van der Waals surface area contributed by atoms with Crippen LogP contribution in [0.15, 0.2) is 64.2 Å². The molecule has 6 nitrogen and oxygen atoms in total. The smallest absolute Gasteiger partial charge is 0.268 e. The summed E-state index contributed by atoms with van der Waals surface area (Å²) in [6.07, 6.45) is 0. The van der Waals surface area contributed by atoms with E-state index in [9.17, 15) is 4.79 Å². The topological polar surface area (TPSA) is 84.1 Å². The molecule has 0 saturated heterocycles. The van der Waals surface area contributed by atoms with Crippen LogP contribution in [0.3, 0.4) is 0 Å². The normalized spacial score (nSPS) is 11.4. The van der Waals surface area contributed by atoms with Crippen LogP contribution < -0.4 is 15.6 Å².